The summed E-state index contributed by atoms with van der Waals surface area (Å²) < 4.78 is 25.3. The number of amides is 1. The molecule has 0 aliphatic rings. The van der Waals surface area contributed by atoms with Gasteiger partial charge in [-0.3, -0.25) is 9.89 Å². The molecule has 8 heteroatoms. The Balaban J connectivity index is 2.78. The fourth-order valence-electron chi connectivity index (χ4n) is 0.959. The van der Waals surface area contributed by atoms with E-state index in [9.17, 15) is 13.2 Å². The topological polar surface area (TPSA) is 104 Å². The van der Waals surface area contributed by atoms with Crippen LogP contribution in [0.1, 0.15) is 6.92 Å². The Bertz CT molecular complexity index is 425. The average molecular weight is 232 g/mol. The summed E-state index contributed by atoms with van der Waals surface area (Å²) in [6, 6.07) is 0.474. The molecule has 1 unspecified atom stereocenters. The molecule has 84 valence electrons. The van der Waals surface area contributed by atoms with Gasteiger partial charge in [0, 0.05) is 7.05 Å². The van der Waals surface area contributed by atoms with Crippen LogP contribution in [0.3, 0.4) is 0 Å². The number of rotatable bonds is 4. The van der Waals surface area contributed by atoms with Gasteiger partial charge in [0.25, 0.3) is 10.0 Å². The van der Waals surface area contributed by atoms with Crippen molar-refractivity contribution in [1.82, 2.24) is 20.2 Å². The highest BCUT2D eigenvalue weighted by Gasteiger charge is 2.21. The molecule has 0 saturated heterocycles. The van der Waals surface area contributed by atoms with Crippen molar-refractivity contribution in [2.45, 2.75) is 18.0 Å². The summed E-state index contributed by atoms with van der Waals surface area (Å²) in [6.07, 6.45) is 1.32. The Labute approximate surface area is 87.3 Å². The summed E-state index contributed by atoms with van der Waals surface area (Å²) in [7, 11) is -2.27. The van der Waals surface area contributed by atoms with Crippen LogP contribution in [0.25, 0.3) is 0 Å². The molecule has 0 aliphatic carbocycles. The van der Waals surface area contributed by atoms with Gasteiger partial charge in [0.05, 0.1) is 12.2 Å². The largest absolute Gasteiger partial charge is 0.358 e. The summed E-state index contributed by atoms with van der Waals surface area (Å²) in [6.45, 7) is 1.45. The zero-order valence-electron chi connectivity index (χ0n) is 8.31. The Morgan fingerprint density at radius 1 is 1.60 bits per heavy atom. The van der Waals surface area contributed by atoms with Crippen molar-refractivity contribution in [3.8, 4) is 0 Å². The number of sulfonamides is 1. The first-order valence-electron chi connectivity index (χ1n) is 4.20. The molecule has 1 atom stereocenters. The first-order valence-corrected chi connectivity index (χ1v) is 5.69. The molecule has 0 radical (unpaired) electrons. The van der Waals surface area contributed by atoms with Crippen LogP contribution in [0.4, 0.5) is 0 Å². The number of nitrogens with one attached hydrogen (secondary N) is 3. The van der Waals surface area contributed by atoms with Gasteiger partial charge in [-0.05, 0) is 13.0 Å². The summed E-state index contributed by atoms with van der Waals surface area (Å²) in [4.78, 5) is 11.1. The number of H-pyrrole nitrogens is 1. The molecule has 0 spiro atoms. The van der Waals surface area contributed by atoms with Crippen molar-refractivity contribution in [2.24, 2.45) is 0 Å². The number of carbonyl (C=O) groups is 1. The van der Waals surface area contributed by atoms with Crippen LogP contribution in [0.2, 0.25) is 0 Å². The number of carbonyl (C=O) groups excluding carboxylic acids is 1. The van der Waals surface area contributed by atoms with E-state index in [1.54, 1.807) is 0 Å². The zero-order chi connectivity index (χ0) is 11.5. The van der Waals surface area contributed by atoms with Crippen molar-refractivity contribution in [1.29, 1.82) is 0 Å². The van der Waals surface area contributed by atoms with Crippen molar-refractivity contribution in [2.75, 3.05) is 7.05 Å². The van der Waals surface area contributed by atoms with Gasteiger partial charge in [0.15, 0.2) is 5.03 Å². The molecule has 0 aromatic carbocycles. The predicted octanol–water partition coefficient (Wildman–Crippen LogP) is -1.18. The number of likely N-dealkylation sites (N-methyl/N-ethyl adjacent to an activating group) is 1. The van der Waals surface area contributed by atoms with E-state index in [1.807, 2.05) is 0 Å². The van der Waals surface area contributed by atoms with Gasteiger partial charge in [-0.2, -0.15) is 9.82 Å². The third kappa shape index (κ3) is 2.77. The minimum Gasteiger partial charge on any atom is -0.358 e. The number of hydrogen-bond acceptors (Lipinski definition) is 4. The maximum absolute atomic E-state index is 11.6. The summed E-state index contributed by atoms with van der Waals surface area (Å²) in [5.74, 6) is -0.405. The average Bonchev–Trinajstić information content (AvgIpc) is 2.69. The predicted molar refractivity (Wildman–Crippen MR) is 52.4 cm³/mol. The summed E-state index contributed by atoms with van der Waals surface area (Å²) in [5, 5.41) is 8.09. The maximum atomic E-state index is 11.6. The lowest BCUT2D eigenvalue weighted by atomic mass is 10.3. The van der Waals surface area contributed by atoms with Crippen LogP contribution in [-0.4, -0.2) is 37.6 Å². The van der Waals surface area contributed by atoms with Gasteiger partial charge in [-0.25, -0.2) is 8.42 Å². The quantitative estimate of drug-likeness (QED) is 0.608. The molecule has 1 aromatic rings. The Kier molecular flexibility index (Phi) is 3.43. The van der Waals surface area contributed by atoms with Crippen LogP contribution >= 0.6 is 0 Å². The highest BCUT2D eigenvalue weighted by Crippen LogP contribution is 2.03. The summed E-state index contributed by atoms with van der Waals surface area (Å²) >= 11 is 0. The van der Waals surface area contributed by atoms with E-state index in [1.165, 1.54) is 26.2 Å². The molecule has 1 rings (SSSR count). The van der Waals surface area contributed by atoms with E-state index in [4.69, 9.17) is 0 Å². The Morgan fingerprint density at radius 2 is 2.27 bits per heavy atom. The van der Waals surface area contributed by atoms with E-state index in [0.717, 1.165) is 0 Å². The van der Waals surface area contributed by atoms with Crippen molar-refractivity contribution in [3.05, 3.63) is 12.3 Å². The smallest absolute Gasteiger partial charge is 0.258 e. The highest BCUT2D eigenvalue weighted by atomic mass is 32.2. The summed E-state index contributed by atoms with van der Waals surface area (Å²) in [5.41, 5.74) is 0. The molecular weight excluding hydrogens is 220 g/mol. The van der Waals surface area contributed by atoms with Crippen molar-refractivity contribution in [3.63, 3.8) is 0 Å². The fraction of sp³-hybridized carbons (Fsp3) is 0.429. The SMILES string of the molecule is CNC(=O)C(C)NS(=O)(=O)c1ccn[nH]1. The van der Waals surface area contributed by atoms with Crippen molar-refractivity contribution < 1.29 is 13.2 Å². The standard InChI is InChI=1S/C7H12N4O3S/c1-5(7(12)8-2)11-15(13,14)6-3-4-9-10-6/h3-5,11H,1-2H3,(H,8,12)(H,9,10). The second-order valence-electron chi connectivity index (χ2n) is 2.88. The van der Waals surface area contributed by atoms with Gasteiger partial charge in [-0.15, -0.1) is 0 Å². The van der Waals surface area contributed by atoms with Crippen LogP contribution < -0.4 is 10.0 Å². The van der Waals surface area contributed by atoms with Gasteiger partial charge >= 0.3 is 0 Å². The normalized spacial score (nSPS) is 13.5. The van der Waals surface area contributed by atoms with E-state index in [2.05, 4.69) is 20.2 Å². The second-order valence-corrected chi connectivity index (χ2v) is 4.56. The lowest BCUT2D eigenvalue weighted by Crippen LogP contribution is -2.43. The molecule has 1 aromatic heterocycles. The lowest BCUT2D eigenvalue weighted by Gasteiger charge is -2.11. The Hall–Kier alpha value is -1.41. The van der Waals surface area contributed by atoms with Gasteiger partial charge < -0.3 is 5.32 Å². The maximum Gasteiger partial charge on any atom is 0.258 e. The Morgan fingerprint density at radius 3 is 2.73 bits per heavy atom. The van der Waals surface area contributed by atoms with E-state index >= 15 is 0 Å². The molecule has 3 N–H and O–H groups in total. The molecule has 1 heterocycles. The molecule has 0 aliphatic heterocycles. The number of aromatic amines is 1. The van der Waals surface area contributed by atoms with Gasteiger partial charge in [0.2, 0.25) is 5.91 Å². The van der Waals surface area contributed by atoms with Gasteiger partial charge in [-0.1, -0.05) is 0 Å². The first kappa shape index (κ1) is 11.7. The molecule has 1 amide bonds. The molecule has 15 heavy (non-hydrogen) atoms. The third-order valence-electron chi connectivity index (χ3n) is 1.74. The van der Waals surface area contributed by atoms with Crippen LogP contribution in [-0.2, 0) is 14.8 Å². The molecule has 7 nitrogen and oxygen atoms in total. The van der Waals surface area contributed by atoms with E-state index < -0.39 is 22.0 Å². The van der Waals surface area contributed by atoms with Crippen molar-refractivity contribution >= 4 is 15.9 Å². The second kappa shape index (κ2) is 4.41. The van der Waals surface area contributed by atoms with Crippen LogP contribution in [0, 0.1) is 0 Å². The van der Waals surface area contributed by atoms with Gasteiger partial charge in [0.1, 0.15) is 0 Å². The monoisotopic (exact) mass is 232 g/mol. The highest BCUT2D eigenvalue weighted by molar-refractivity contribution is 7.89. The van der Waals surface area contributed by atoms with E-state index in [-0.39, 0.29) is 5.03 Å². The molecule has 0 bridgehead atoms. The minimum absolute atomic E-state index is 0.0711. The fourth-order valence-corrected chi connectivity index (χ4v) is 2.07. The zero-order valence-corrected chi connectivity index (χ0v) is 9.13. The number of hydrogen-bond donors (Lipinski definition) is 3. The first-order chi connectivity index (χ1) is 6.97. The third-order valence-corrected chi connectivity index (χ3v) is 3.21. The lowest BCUT2D eigenvalue weighted by molar-refractivity contribution is -0.121. The van der Waals surface area contributed by atoms with Crippen LogP contribution in [0.15, 0.2) is 17.3 Å². The van der Waals surface area contributed by atoms with E-state index in [0.29, 0.717) is 0 Å². The number of nitrogens with zero attached hydrogens (tertiary/aromatic N) is 1. The minimum atomic E-state index is -3.70. The number of aromatic nitrogens is 2. The molecule has 0 fully saturated rings. The molecule has 0 saturated carbocycles. The van der Waals surface area contributed by atoms with Crippen LogP contribution in [0.5, 0.6) is 0 Å². The molecular formula is C7H12N4O3S.